The molecule has 6 nitrogen and oxygen atoms in total. The minimum Gasteiger partial charge on any atom is -0.492 e. The van der Waals surface area contributed by atoms with Crippen molar-refractivity contribution in [3.8, 4) is 5.75 Å². The molecule has 25 heavy (non-hydrogen) atoms. The third-order valence-electron chi connectivity index (χ3n) is 4.24. The van der Waals surface area contributed by atoms with Gasteiger partial charge in [0.25, 0.3) is 5.91 Å². The quantitative estimate of drug-likeness (QED) is 0.779. The number of nitrogens with zero attached hydrogens (tertiary/aromatic N) is 1. The summed E-state index contributed by atoms with van der Waals surface area (Å²) < 4.78 is 16.6. The second-order valence-electron chi connectivity index (χ2n) is 6.39. The Morgan fingerprint density at radius 3 is 2.84 bits per heavy atom. The third-order valence-corrected chi connectivity index (χ3v) is 4.24. The summed E-state index contributed by atoms with van der Waals surface area (Å²) in [7, 11) is 0. The van der Waals surface area contributed by atoms with Crippen molar-refractivity contribution in [1.82, 2.24) is 10.3 Å². The molecule has 1 N–H and O–H groups in total. The van der Waals surface area contributed by atoms with Gasteiger partial charge in [0.2, 0.25) is 0 Å². The van der Waals surface area contributed by atoms with Gasteiger partial charge >= 0.3 is 0 Å². The van der Waals surface area contributed by atoms with Gasteiger partial charge in [0.15, 0.2) is 17.8 Å². The van der Waals surface area contributed by atoms with E-state index < -0.39 is 0 Å². The SMILES string of the molecule is CC(C)c1ccc(OCCNC(=O)c2ncoc2C2CCCO2)cc1. The maximum atomic E-state index is 12.3. The maximum Gasteiger partial charge on any atom is 0.273 e. The molecule has 1 aliphatic heterocycles. The summed E-state index contributed by atoms with van der Waals surface area (Å²) in [5.41, 5.74) is 1.57. The van der Waals surface area contributed by atoms with E-state index in [1.807, 2.05) is 12.1 Å². The number of aromatic nitrogens is 1. The van der Waals surface area contributed by atoms with Crippen molar-refractivity contribution in [2.24, 2.45) is 0 Å². The second-order valence-corrected chi connectivity index (χ2v) is 6.39. The first-order chi connectivity index (χ1) is 12.1. The fraction of sp³-hybridized carbons (Fsp3) is 0.474. The van der Waals surface area contributed by atoms with Crippen LogP contribution in [0.2, 0.25) is 0 Å². The fourth-order valence-electron chi connectivity index (χ4n) is 2.80. The van der Waals surface area contributed by atoms with Gasteiger partial charge in [-0.3, -0.25) is 4.79 Å². The van der Waals surface area contributed by atoms with Crippen LogP contribution >= 0.6 is 0 Å². The highest BCUT2D eigenvalue weighted by Crippen LogP contribution is 2.30. The Morgan fingerprint density at radius 2 is 2.16 bits per heavy atom. The summed E-state index contributed by atoms with van der Waals surface area (Å²) in [6.45, 7) is 5.78. The van der Waals surface area contributed by atoms with Crippen molar-refractivity contribution in [1.29, 1.82) is 0 Å². The molecule has 2 aromatic rings. The molecule has 0 bridgehead atoms. The Labute approximate surface area is 147 Å². The van der Waals surface area contributed by atoms with Crippen LogP contribution in [-0.4, -0.2) is 30.6 Å². The summed E-state index contributed by atoms with van der Waals surface area (Å²) in [4.78, 5) is 16.3. The highest BCUT2D eigenvalue weighted by molar-refractivity contribution is 5.93. The number of nitrogens with one attached hydrogen (secondary N) is 1. The van der Waals surface area contributed by atoms with E-state index in [4.69, 9.17) is 13.9 Å². The van der Waals surface area contributed by atoms with Crippen LogP contribution in [0.4, 0.5) is 0 Å². The topological polar surface area (TPSA) is 73.6 Å². The lowest BCUT2D eigenvalue weighted by atomic mass is 10.0. The minimum absolute atomic E-state index is 0.168. The first-order valence-corrected chi connectivity index (χ1v) is 8.71. The lowest BCUT2D eigenvalue weighted by Crippen LogP contribution is -2.29. The van der Waals surface area contributed by atoms with Crippen LogP contribution in [0.25, 0.3) is 0 Å². The van der Waals surface area contributed by atoms with E-state index in [9.17, 15) is 4.79 Å². The molecular formula is C19H24N2O4. The number of amides is 1. The number of rotatable bonds is 7. The average molecular weight is 344 g/mol. The molecule has 6 heteroatoms. The molecule has 2 heterocycles. The monoisotopic (exact) mass is 344 g/mol. The third kappa shape index (κ3) is 4.39. The number of ether oxygens (including phenoxy) is 2. The lowest BCUT2D eigenvalue weighted by Gasteiger charge is -2.10. The molecule has 0 radical (unpaired) electrons. The molecule has 1 unspecified atom stereocenters. The van der Waals surface area contributed by atoms with E-state index in [1.165, 1.54) is 12.0 Å². The van der Waals surface area contributed by atoms with Crippen LogP contribution in [-0.2, 0) is 4.74 Å². The van der Waals surface area contributed by atoms with E-state index in [2.05, 4.69) is 36.3 Å². The van der Waals surface area contributed by atoms with E-state index in [1.54, 1.807) is 0 Å². The minimum atomic E-state index is -0.266. The number of carbonyl (C=O) groups is 1. The summed E-state index contributed by atoms with van der Waals surface area (Å²) in [6.07, 6.45) is 2.94. The van der Waals surface area contributed by atoms with Gasteiger partial charge in [0.05, 0.1) is 6.54 Å². The number of hydrogen-bond donors (Lipinski definition) is 1. The molecule has 1 aliphatic rings. The fourth-order valence-corrected chi connectivity index (χ4v) is 2.80. The van der Waals surface area contributed by atoms with E-state index in [-0.39, 0.29) is 12.0 Å². The molecule has 0 saturated carbocycles. The maximum absolute atomic E-state index is 12.3. The van der Waals surface area contributed by atoms with Gasteiger partial charge in [-0.2, -0.15) is 0 Å². The normalized spacial score (nSPS) is 17.0. The summed E-state index contributed by atoms with van der Waals surface area (Å²) in [5, 5.41) is 2.81. The Bertz CT molecular complexity index is 688. The molecular weight excluding hydrogens is 320 g/mol. The Hall–Kier alpha value is -2.34. The zero-order valence-corrected chi connectivity index (χ0v) is 14.7. The molecule has 1 aromatic heterocycles. The predicted octanol–water partition coefficient (Wildman–Crippen LogP) is 3.46. The molecule has 1 amide bonds. The average Bonchev–Trinajstić information content (AvgIpc) is 3.29. The van der Waals surface area contributed by atoms with Crippen molar-refractivity contribution in [2.75, 3.05) is 19.8 Å². The van der Waals surface area contributed by atoms with E-state index in [0.29, 0.717) is 37.1 Å². The molecule has 3 rings (SSSR count). The van der Waals surface area contributed by atoms with Gasteiger partial charge in [-0.1, -0.05) is 26.0 Å². The molecule has 0 aliphatic carbocycles. The first kappa shape index (κ1) is 17.5. The Balaban J connectivity index is 1.46. The lowest BCUT2D eigenvalue weighted by molar-refractivity contribution is 0.0858. The van der Waals surface area contributed by atoms with Gasteiger partial charge in [-0.25, -0.2) is 4.98 Å². The van der Waals surface area contributed by atoms with Crippen LogP contribution in [0.3, 0.4) is 0 Å². The van der Waals surface area contributed by atoms with Gasteiger partial charge in [-0.15, -0.1) is 0 Å². The molecule has 1 atom stereocenters. The van der Waals surface area contributed by atoms with Crippen LogP contribution < -0.4 is 10.1 Å². The highest BCUT2D eigenvalue weighted by atomic mass is 16.5. The van der Waals surface area contributed by atoms with Crippen LogP contribution in [0.5, 0.6) is 5.75 Å². The molecule has 1 fully saturated rings. The summed E-state index contributed by atoms with van der Waals surface area (Å²) in [6, 6.07) is 8.01. The summed E-state index contributed by atoms with van der Waals surface area (Å²) in [5.74, 6) is 1.53. The zero-order chi connectivity index (χ0) is 17.6. The van der Waals surface area contributed by atoms with Gasteiger partial charge in [-0.05, 0) is 36.5 Å². The molecule has 1 aromatic carbocycles. The highest BCUT2D eigenvalue weighted by Gasteiger charge is 2.27. The van der Waals surface area contributed by atoms with E-state index in [0.717, 1.165) is 18.6 Å². The van der Waals surface area contributed by atoms with Gasteiger partial charge in [0.1, 0.15) is 18.5 Å². The number of carbonyl (C=O) groups excluding carboxylic acids is 1. The second kappa shape index (κ2) is 8.16. The van der Waals surface area contributed by atoms with Crippen LogP contribution in [0.1, 0.15) is 60.5 Å². The summed E-state index contributed by atoms with van der Waals surface area (Å²) >= 11 is 0. The van der Waals surface area contributed by atoms with Gasteiger partial charge < -0.3 is 19.2 Å². The van der Waals surface area contributed by atoms with Crippen molar-refractivity contribution in [2.45, 2.75) is 38.7 Å². The smallest absolute Gasteiger partial charge is 0.273 e. The first-order valence-electron chi connectivity index (χ1n) is 8.71. The van der Waals surface area contributed by atoms with Crippen LogP contribution in [0, 0.1) is 0 Å². The molecule has 1 saturated heterocycles. The van der Waals surface area contributed by atoms with Crippen molar-refractivity contribution >= 4 is 5.91 Å². The van der Waals surface area contributed by atoms with E-state index >= 15 is 0 Å². The van der Waals surface area contributed by atoms with Crippen molar-refractivity contribution in [3.63, 3.8) is 0 Å². The van der Waals surface area contributed by atoms with Crippen molar-refractivity contribution in [3.05, 3.63) is 47.7 Å². The molecule has 134 valence electrons. The number of oxazole rings is 1. The van der Waals surface area contributed by atoms with Crippen LogP contribution in [0.15, 0.2) is 35.1 Å². The Morgan fingerprint density at radius 1 is 1.36 bits per heavy atom. The Kier molecular flexibility index (Phi) is 5.71. The largest absolute Gasteiger partial charge is 0.492 e. The number of hydrogen-bond acceptors (Lipinski definition) is 5. The van der Waals surface area contributed by atoms with Gasteiger partial charge in [0, 0.05) is 6.61 Å². The standard InChI is InChI=1S/C19H24N2O4/c1-13(2)14-5-7-15(8-6-14)23-11-9-20-19(22)17-18(25-12-21-17)16-4-3-10-24-16/h5-8,12-13,16H,3-4,9-11H2,1-2H3,(H,20,22). The molecule has 0 spiro atoms. The van der Waals surface area contributed by atoms with Crippen molar-refractivity contribution < 1.29 is 18.7 Å². The zero-order valence-electron chi connectivity index (χ0n) is 14.7. The number of benzene rings is 1. The predicted molar refractivity (Wildman–Crippen MR) is 92.8 cm³/mol.